The summed E-state index contributed by atoms with van der Waals surface area (Å²) in [5.41, 5.74) is 3.03. The molecule has 0 radical (unpaired) electrons. The van der Waals surface area contributed by atoms with E-state index in [2.05, 4.69) is 59.0 Å². The fourth-order valence-corrected chi connectivity index (χ4v) is 7.15. The van der Waals surface area contributed by atoms with E-state index in [1.807, 2.05) is 12.1 Å². The third kappa shape index (κ3) is 5.32. The Labute approximate surface area is 166 Å². The maximum Gasteiger partial charge on any atom is 0.373 e. The number of hydrogen-bond donors (Lipinski definition) is 0. The van der Waals surface area contributed by atoms with Crippen molar-refractivity contribution in [2.45, 2.75) is 78.5 Å². The van der Waals surface area contributed by atoms with Crippen LogP contribution in [0.15, 0.2) is 36.5 Å². The van der Waals surface area contributed by atoms with Crippen molar-refractivity contribution in [1.29, 1.82) is 0 Å². The molecule has 0 aromatic heterocycles. The average Bonchev–Trinajstić information content (AvgIpc) is 2.68. The molecule has 1 saturated carbocycles. The monoisotopic (exact) mass is 388 g/mol. The van der Waals surface area contributed by atoms with Crippen LogP contribution in [0.4, 0.5) is 0 Å². The van der Waals surface area contributed by atoms with Gasteiger partial charge in [0.2, 0.25) is 0 Å². The van der Waals surface area contributed by atoms with Gasteiger partial charge >= 0.3 is 5.97 Å². The van der Waals surface area contributed by atoms with Gasteiger partial charge in [0, 0.05) is 0 Å². The summed E-state index contributed by atoms with van der Waals surface area (Å²) in [5, 5.41) is 1.32. The molecule has 0 saturated heterocycles. The zero-order valence-corrected chi connectivity index (χ0v) is 18.7. The highest BCUT2D eigenvalue weighted by atomic mass is 28.3. The largest absolute Gasteiger partial charge is 0.373 e. The van der Waals surface area contributed by atoms with E-state index in [0.717, 1.165) is 37.8 Å². The number of benzene rings is 1. The van der Waals surface area contributed by atoms with Crippen LogP contribution in [0.3, 0.4) is 0 Å². The van der Waals surface area contributed by atoms with Crippen molar-refractivity contribution < 1.29 is 14.6 Å². The molecule has 3 nitrogen and oxygen atoms in total. The van der Waals surface area contributed by atoms with Gasteiger partial charge in [-0.05, 0) is 49.1 Å². The van der Waals surface area contributed by atoms with Gasteiger partial charge in [0.15, 0.2) is 0 Å². The Morgan fingerprint density at radius 3 is 2.11 bits per heavy atom. The average molecular weight is 389 g/mol. The van der Waals surface area contributed by atoms with Crippen LogP contribution in [0.25, 0.3) is 0 Å². The summed E-state index contributed by atoms with van der Waals surface area (Å²) in [7, 11) is -1.64. The van der Waals surface area contributed by atoms with Crippen molar-refractivity contribution in [2.75, 3.05) is 0 Å². The molecule has 1 aliphatic rings. The molecule has 0 spiro atoms. The second-order valence-corrected chi connectivity index (χ2v) is 13.7. The molecule has 0 bridgehead atoms. The molecule has 0 aliphatic heterocycles. The van der Waals surface area contributed by atoms with E-state index in [1.165, 1.54) is 5.19 Å². The number of carbonyl (C=O) groups is 1. The highest BCUT2D eigenvalue weighted by Gasteiger charge is 2.31. The van der Waals surface area contributed by atoms with Crippen LogP contribution in [-0.4, -0.2) is 20.1 Å². The Hall–Kier alpha value is -1.39. The summed E-state index contributed by atoms with van der Waals surface area (Å²) in [5.74, 6) is 0.311. The highest BCUT2D eigenvalue weighted by Crippen LogP contribution is 2.38. The van der Waals surface area contributed by atoms with Gasteiger partial charge in [-0.3, -0.25) is 4.89 Å². The van der Waals surface area contributed by atoms with Crippen LogP contribution in [0.1, 0.15) is 70.7 Å². The third-order valence-corrected chi connectivity index (χ3v) is 11.3. The molecule has 1 aliphatic carbocycles. The Morgan fingerprint density at radius 1 is 1.11 bits per heavy atom. The first-order valence-corrected chi connectivity index (χ1v) is 12.9. The molecule has 1 aromatic carbocycles. The van der Waals surface area contributed by atoms with Crippen molar-refractivity contribution in [3.8, 4) is 0 Å². The van der Waals surface area contributed by atoms with Crippen LogP contribution in [-0.2, 0) is 9.78 Å². The van der Waals surface area contributed by atoms with E-state index in [0.29, 0.717) is 16.9 Å². The van der Waals surface area contributed by atoms with Gasteiger partial charge in [0.1, 0.15) is 14.2 Å². The molecule has 0 N–H and O–H groups in total. The van der Waals surface area contributed by atoms with Crippen molar-refractivity contribution >= 4 is 19.2 Å². The van der Waals surface area contributed by atoms with E-state index < -0.39 is 14.0 Å². The van der Waals surface area contributed by atoms with Crippen molar-refractivity contribution in [3.63, 3.8) is 0 Å². The first kappa shape index (κ1) is 21.9. The zero-order valence-electron chi connectivity index (χ0n) is 17.7. The lowest BCUT2D eigenvalue weighted by atomic mass is 9.72. The van der Waals surface area contributed by atoms with Crippen LogP contribution in [0.5, 0.6) is 0 Å². The van der Waals surface area contributed by atoms with Gasteiger partial charge in [-0.25, -0.2) is 4.79 Å². The van der Waals surface area contributed by atoms with Gasteiger partial charge in [-0.15, -0.1) is 6.58 Å². The Balaban J connectivity index is 1.89. The summed E-state index contributed by atoms with van der Waals surface area (Å²) in [6.07, 6.45) is 4.18. The minimum Gasteiger partial charge on any atom is -0.293 e. The van der Waals surface area contributed by atoms with Gasteiger partial charge in [-0.1, -0.05) is 69.7 Å². The topological polar surface area (TPSA) is 35.5 Å². The summed E-state index contributed by atoms with van der Waals surface area (Å²) < 4.78 is 0. The van der Waals surface area contributed by atoms with Crippen LogP contribution in [0.2, 0.25) is 12.1 Å². The molecule has 150 valence electrons. The van der Waals surface area contributed by atoms with E-state index in [4.69, 9.17) is 9.78 Å². The molecule has 0 heterocycles. The molecule has 0 atom stereocenters. The normalized spacial score (nSPS) is 20.9. The van der Waals surface area contributed by atoms with Crippen molar-refractivity contribution in [2.24, 2.45) is 11.3 Å². The SMILES string of the molecule is C=C[Si](CC)(CC)c1ccc(C(=O)OOC2CCC(C(C)(C)C)CC2)cc1. The van der Waals surface area contributed by atoms with Gasteiger partial charge in [0.05, 0.1) is 5.56 Å². The molecular formula is C23H36O3Si. The predicted molar refractivity (Wildman–Crippen MR) is 115 cm³/mol. The summed E-state index contributed by atoms with van der Waals surface area (Å²) in [6, 6.07) is 10.1. The van der Waals surface area contributed by atoms with Crippen molar-refractivity contribution in [1.82, 2.24) is 0 Å². The molecule has 2 rings (SSSR count). The van der Waals surface area contributed by atoms with E-state index in [1.54, 1.807) is 0 Å². The summed E-state index contributed by atoms with van der Waals surface area (Å²) in [4.78, 5) is 22.9. The fraction of sp³-hybridized carbons (Fsp3) is 0.609. The molecule has 1 aromatic rings. The lowest BCUT2D eigenvalue weighted by Gasteiger charge is -2.36. The second-order valence-electron chi connectivity index (χ2n) is 8.95. The smallest absolute Gasteiger partial charge is 0.293 e. The van der Waals surface area contributed by atoms with Crippen LogP contribution in [0, 0.1) is 11.3 Å². The maximum absolute atomic E-state index is 12.3. The quantitative estimate of drug-likeness (QED) is 0.336. The molecular weight excluding hydrogens is 352 g/mol. The predicted octanol–water partition coefficient (Wildman–Crippen LogP) is 5.80. The lowest BCUT2D eigenvalue weighted by Crippen LogP contribution is -2.44. The minimum absolute atomic E-state index is 0.0211. The van der Waals surface area contributed by atoms with E-state index in [-0.39, 0.29) is 6.10 Å². The first-order valence-electron chi connectivity index (χ1n) is 10.4. The van der Waals surface area contributed by atoms with Crippen molar-refractivity contribution in [3.05, 3.63) is 42.1 Å². The third-order valence-electron chi connectivity index (χ3n) is 6.51. The Morgan fingerprint density at radius 2 is 1.67 bits per heavy atom. The Bertz CT molecular complexity index is 618. The molecule has 27 heavy (non-hydrogen) atoms. The van der Waals surface area contributed by atoms with Gasteiger partial charge in [-0.2, -0.15) is 4.89 Å². The Kier molecular flexibility index (Phi) is 7.46. The lowest BCUT2D eigenvalue weighted by molar-refractivity contribution is -0.281. The second kappa shape index (κ2) is 9.20. The molecule has 4 heteroatoms. The number of hydrogen-bond acceptors (Lipinski definition) is 3. The van der Waals surface area contributed by atoms with Gasteiger partial charge < -0.3 is 0 Å². The molecule has 1 fully saturated rings. The van der Waals surface area contributed by atoms with E-state index >= 15 is 0 Å². The summed E-state index contributed by atoms with van der Waals surface area (Å²) >= 11 is 0. The first-order chi connectivity index (χ1) is 12.8. The highest BCUT2D eigenvalue weighted by molar-refractivity contribution is 6.95. The fourth-order valence-electron chi connectivity index (χ4n) is 4.19. The molecule has 0 unspecified atom stereocenters. The zero-order chi connectivity index (χ0) is 20.1. The maximum atomic E-state index is 12.3. The molecule has 0 amide bonds. The van der Waals surface area contributed by atoms with Crippen LogP contribution >= 0.6 is 0 Å². The number of rotatable bonds is 7. The summed E-state index contributed by atoms with van der Waals surface area (Å²) in [6.45, 7) is 15.4. The van der Waals surface area contributed by atoms with Crippen LogP contribution < -0.4 is 5.19 Å². The minimum atomic E-state index is -1.64. The standard InChI is InChI=1S/C23H36O3Si/c1-7-27(8-2,9-3)21-16-10-18(11-17-21)22(24)26-25-20-14-12-19(13-15-20)23(4,5)6/h7,10-11,16-17,19-20H,1,8-9,12-15H2,2-6H3. The van der Waals surface area contributed by atoms with E-state index in [9.17, 15) is 4.79 Å². The number of carbonyl (C=O) groups excluding carboxylic acids is 1. The van der Waals surface area contributed by atoms with Gasteiger partial charge in [0.25, 0.3) is 0 Å².